The van der Waals surface area contributed by atoms with Crippen LogP contribution in [0.3, 0.4) is 0 Å². The number of rotatable bonds is 8. The molecule has 1 N–H and O–H groups in total. The number of hydrogen-bond acceptors (Lipinski definition) is 1. The molecule has 1 rings (SSSR count). The summed E-state index contributed by atoms with van der Waals surface area (Å²) in [5, 5.41) is 3.83. The first-order valence-electron chi connectivity index (χ1n) is 7.88. The van der Waals surface area contributed by atoms with Crippen LogP contribution in [0.1, 0.15) is 72.6 Å². The standard InChI is InChI=1S/C17H33N/c1-6-11-18-16(12-14(2)3)17(13-15(4)5)9-7-8-10-17/h15-16,18H,2,6-13H2,1,3-5H3. The zero-order valence-corrected chi connectivity index (χ0v) is 13.0. The van der Waals surface area contributed by atoms with E-state index in [9.17, 15) is 0 Å². The van der Waals surface area contributed by atoms with Gasteiger partial charge < -0.3 is 5.32 Å². The summed E-state index contributed by atoms with van der Waals surface area (Å²) in [5.41, 5.74) is 1.88. The first-order chi connectivity index (χ1) is 8.50. The van der Waals surface area contributed by atoms with E-state index >= 15 is 0 Å². The molecular formula is C17H33N. The van der Waals surface area contributed by atoms with Gasteiger partial charge in [-0.15, -0.1) is 6.58 Å². The topological polar surface area (TPSA) is 12.0 Å². The normalized spacial score (nSPS) is 20.3. The quantitative estimate of drug-likeness (QED) is 0.603. The number of nitrogens with one attached hydrogen (secondary N) is 1. The molecule has 1 nitrogen and oxygen atoms in total. The van der Waals surface area contributed by atoms with Crippen LogP contribution in [0, 0.1) is 11.3 Å². The van der Waals surface area contributed by atoms with Gasteiger partial charge in [0.05, 0.1) is 0 Å². The van der Waals surface area contributed by atoms with Gasteiger partial charge in [-0.1, -0.05) is 39.2 Å². The van der Waals surface area contributed by atoms with Crippen LogP contribution in [0.2, 0.25) is 0 Å². The molecule has 1 heteroatoms. The summed E-state index contributed by atoms with van der Waals surface area (Å²) in [6.45, 7) is 14.5. The highest BCUT2D eigenvalue weighted by Gasteiger charge is 2.40. The first-order valence-corrected chi connectivity index (χ1v) is 7.88. The Morgan fingerprint density at radius 3 is 2.33 bits per heavy atom. The van der Waals surface area contributed by atoms with Crippen molar-refractivity contribution in [2.24, 2.45) is 11.3 Å². The molecule has 106 valence electrons. The Balaban J connectivity index is 2.78. The summed E-state index contributed by atoms with van der Waals surface area (Å²) in [6, 6.07) is 0.653. The fourth-order valence-electron chi connectivity index (χ4n) is 3.76. The number of hydrogen-bond donors (Lipinski definition) is 1. The highest BCUT2D eigenvalue weighted by molar-refractivity contribution is 5.02. The Labute approximate surface area is 114 Å². The van der Waals surface area contributed by atoms with Gasteiger partial charge in [0, 0.05) is 6.04 Å². The molecule has 0 aromatic carbocycles. The maximum atomic E-state index is 4.14. The molecule has 1 saturated carbocycles. The van der Waals surface area contributed by atoms with Crippen molar-refractivity contribution < 1.29 is 0 Å². The van der Waals surface area contributed by atoms with Crippen LogP contribution in [0.25, 0.3) is 0 Å². The minimum absolute atomic E-state index is 0.544. The summed E-state index contributed by atoms with van der Waals surface area (Å²) in [7, 11) is 0. The van der Waals surface area contributed by atoms with Crippen LogP contribution in [0.5, 0.6) is 0 Å². The van der Waals surface area contributed by atoms with Crippen molar-refractivity contribution in [3.8, 4) is 0 Å². The van der Waals surface area contributed by atoms with Crippen molar-refractivity contribution in [3.05, 3.63) is 12.2 Å². The first kappa shape index (κ1) is 15.8. The molecule has 0 amide bonds. The second-order valence-electron chi connectivity index (χ2n) is 6.84. The van der Waals surface area contributed by atoms with Gasteiger partial charge in [-0.25, -0.2) is 0 Å². The van der Waals surface area contributed by atoms with Crippen LogP contribution in [-0.2, 0) is 0 Å². The van der Waals surface area contributed by atoms with Gasteiger partial charge in [0.2, 0.25) is 0 Å². The summed E-state index contributed by atoms with van der Waals surface area (Å²) >= 11 is 0. The highest BCUT2D eigenvalue weighted by Crippen LogP contribution is 2.47. The monoisotopic (exact) mass is 251 g/mol. The zero-order valence-electron chi connectivity index (χ0n) is 13.0. The van der Waals surface area contributed by atoms with Gasteiger partial charge >= 0.3 is 0 Å². The zero-order chi connectivity index (χ0) is 13.6. The van der Waals surface area contributed by atoms with Crippen LogP contribution in [0.15, 0.2) is 12.2 Å². The molecule has 0 saturated heterocycles. The van der Waals surface area contributed by atoms with Crippen LogP contribution in [0.4, 0.5) is 0 Å². The molecule has 1 atom stereocenters. The molecule has 0 heterocycles. The van der Waals surface area contributed by atoms with E-state index in [0.29, 0.717) is 11.5 Å². The van der Waals surface area contributed by atoms with E-state index in [1.165, 1.54) is 44.1 Å². The average Bonchev–Trinajstić information content (AvgIpc) is 2.72. The average molecular weight is 251 g/mol. The lowest BCUT2D eigenvalue weighted by Crippen LogP contribution is -2.45. The van der Waals surface area contributed by atoms with E-state index in [1.807, 2.05) is 0 Å². The summed E-state index contributed by atoms with van der Waals surface area (Å²) < 4.78 is 0. The van der Waals surface area contributed by atoms with Gasteiger partial charge in [0.25, 0.3) is 0 Å². The van der Waals surface area contributed by atoms with Gasteiger partial charge in [0.1, 0.15) is 0 Å². The van der Waals surface area contributed by atoms with Crippen LogP contribution >= 0.6 is 0 Å². The maximum absolute atomic E-state index is 4.14. The maximum Gasteiger partial charge on any atom is 0.0160 e. The Morgan fingerprint density at radius 2 is 1.89 bits per heavy atom. The van der Waals surface area contributed by atoms with Crippen molar-refractivity contribution >= 4 is 0 Å². The Hall–Kier alpha value is -0.300. The van der Waals surface area contributed by atoms with Crippen molar-refractivity contribution in [3.63, 3.8) is 0 Å². The third kappa shape index (κ3) is 4.42. The van der Waals surface area contributed by atoms with E-state index in [4.69, 9.17) is 0 Å². The molecule has 0 radical (unpaired) electrons. The minimum Gasteiger partial charge on any atom is -0.313 e. The van der Waals surface area contributed by atoms with Crippen molar-refractivity contribution in [1.82, 2.24) is 5.32 Å². The van der Waals surface area contributed by atoms with E-state index < -0.39 is 0 Å². The molecule has 0 aliphatic heterocycles. The summed E-state index contributed by atoms with van der Waals surface area (Å²) in [4.78, 5) is 0. The Morgan fingerprint density at radius 1 is 1.28 bits per heavy atom. The largest absolute Gasteiger partial charge is 0.313 e. The molecule has 1 unspecified atom stereocenters. The van der Waals surface area contributed by atoms with E-state index in [2.05, 4.69) is 39.6 Å². The molecule has 1 fully saturated rings. The predicted molar refractivity (Wildman–Crippen MR) is 81.9 cm³/mol. The lowest BCUT2D eigenvalue weighted by molar-refractivity contribution is 0.154. The Bertz CT molecular complexity index is 248. The third-order valence-electron chi connectivity index (χ3n) is 4.35. The second kappa shape index (κ2) is 7.33. The van der Waals surface area contributed by atoms with Crippen molar-refractivity contribution in [1.29, 1.82) is 0 Å². The molecule has 1 aliphatic carbocycles. The lowest BCUT2D eigenvalue weighted by atomic mass is 9.71. The van der Waals surface area contributed by atoms with E-state index in [1.54, 1.807) is 0 Å². The van der Waals surface area contributed by atoms with Gasteiger partial charge in [-0.05, 0) is 56.9 Å². The van der Waals surface area contributed by atoms with Gasteiger partial charge in [0.15, 0.2) is 0 Å². The smallest absolute Gasteiger partial charge is 0.0160 e. The molecule has 0 aromatic rings. The van der Waals surface area contributed by atoms with Gasteiger partial charge in [-0.2, -0.15) is 0 Å². The fraction of sp³-hybridized carbons (Fsp3) is 0.882. The second-order valence-corrected chi connectivity index (χ2v) is 6.84. The summed E-state index contributed by atoms with van der Waals surface area (Å²) in [5.74, 6) is 0.805. The molecule has 18 heavy (non-hydrogen) atoms. The highest BCUT2D eigenvalue weighted by atomic mass is 14.9. The van der Waals surface area contributed by atoms with Gasteiger partial charge in [-0.3, -0.25) is 0 Å². The van der Waals surface area contributed by atoms with Crippen molar-refractivity contribution in [2.45, 2.75) is 78.7 Å². The molecule has 1 aliphatic rings. The Kier molecular flexibility index (Phi) is 6.42. The van der Waals surface area contributed by atoms with Crippen LogP contribution < -0.4 is 5.32 Å². The fourth-order valence-corrected chi connectivity index (χ4v) is 3.76. The lowest BCUT2D eigenvalue weighted by Gasteiger charge is -2.40. The molecule has 0 bridgehead atoms. The minimum atomic E-state index is 0.544. The third-order valence-corrected chi connectivity index (χ3v) is 4.35. The molecule has 0 aromatic heterocycles. The SMILES string of the molecule is C=C(C)CC(NCCC)C1(CC(C)C)CCCC1. The van der Waals surface area contributed by atoms with Crippen LogP contribution in [-0.4, -0.2) is 12.6 Å². The van der Waals surface area contributed by atoms with E-state index in [-0.39, 0.29) is 0 Å². The van der Waals surface area contributed by atoms with E-state index in [0.717, 1.165) is 18.9 Å². The van der Waals surface area contributed by atoms with Crippen molar-refractivity contribution in [2.75, 3.05) is 6.54 Å². The predicted octanol–water partition coefficient (Wildman–Crippen LogP) is 4.93. The molecule has 0 spiro atoms. The molecular weight excluding hydrogens is 218 g/mol. The summed E-state index contributed by atoms with van der Waals surface area (Å²) in [6.07, 6.45) is 9.44.